The Morgan fingerprint density at radius 2 is 1.79 bits per heavy atom. The van der Waals surface area contributed by atoms with Crippen LogP contribution in [0.4, 0.5) is 15.8 Å². The van der Waals surface area contributed by atoms with Gasteiger partial charge in [-0.15, -0.1) is 0 Å². The monoisotopic (exact) mass is 300 g/mol. The summed E-state index contributed by atoms with van der Waals surface area (Å²) in [4.78, 5) is 0. The van der Waals surface area contributed by atoms with E-state index in [0.29, 0.717) is 10.8 Å². The Morgan fingerprint density at radius 3 is 2.42 bits per heavy atom. The van der Waals surface area contributed by atoms with Crippen LogP contribution in [-0.4, -0.2) is 0 Å². The average Bonchev–Trinajstić information content (AvgIpc) is 2.34. The van der Waals surface area contributed by atoms with E-state index in [1.165, 1.54) is 6.07 Å². The lowest BCUT2D eigenvalue weighted by molar-refractivity contribution is 0.442. The summed E-state index contributed by atoms with van der Waals surface area (Å²) in [6, 6.07) is 6.31. The zero-order chi connectivity index (χ0) is 14.2. The first-order valence-electron chi connectivity index (χ1n) is 5.37. The minimum atomic E-state index is -0.784. The van der Waals surface area contributed by atoms with Gasteiger partial charge in [-0.25, -0.2) is 4.39 Å². The van der Waals surface area contributed by atoms with E-state index in [0.717, 1.165) is 5.56 Å². The van der Waals surface area contributed by atoms with Crippen molar-refractivity contribution < 1.29 is 9.13 Å². The molecule has 0 spiro atoms. The van der Waals surface area contributed by atoms with Crippen LogP contribution in [0.25, 0.3) is 0 Å². The highest BCUT2D eigenvalue weighted by atomic mass is 35.5. The van der Waals surface area contributed by atoms with Gasteiger partial charge >= 0.3 is 0 Å². The molecule has 0 atom stereocenters. The van der Waals surface area contributed by atoms with Crippen molar-refractivity contribution in [2.45, 2.75) is 6.92 Å². The number of aryl methyl sites for hydroxylation is 1. The number of rotatable bonds is 2. The molecule has 6 heteroatoms. The maximum Gasteiger partial charge on any atom is 0.188 e. The van der Waals surface area contributed by atoms with Crippen LogP contribution in [0.1, 0.15) is 5.56 Å². The van der Waals surface area contributed by atoms with E-state index in [-0.39, 0.29) is 22.1 Å². The maximum absolute atomic E-state index is 14.0. The fourth-order valence-corrected chi connectivity index (χ4v) is 1.96. The molecule has 2 rings (SSSR count). The number of nitrogens with two attached hydrogens (primary N) is 2. The molecule has 0 saturated heterocycles. The first kappa shape index (κ1) is 13.8. The van der Waals surface area contributed by atoms with E-state index in [1.807, 2.05) is 0 Å². The number of nitrogen functional groups attached to an aromatic ring is 2. The number of hydrogen-bond acceptors (Lipinski definition) is 3. The van der Waals surface area contributed by atoms with E-state index in [9.17, 15) is 4.39 Å². The zero-order valence-electron chi connectivity index (χ0n) is 10.0. The lowest BCUT2D eigenvalue weighted by Gasteiger charge is -2.13. The Kier molecular flexibility index (Phi) is 3.73. The summed E-state index contributed by atoms with van der Waals surface area (Å²) in [5, 5.41) is 0.351. The highest BCUT2D eigenvalue weighted by Gasteiger charge is 2.17. The Morgan fingerprint density at radius 1 is 1.11 bits per heavy atom. The smallest absolute Gasteiger partial charge is 0.188 e. The van der Waals surface area contributed by atoms with Gasteiger partial charge in [-0.05, 0) is 36.8 Å². The second-order valence-electron chi connectivity index (χ2n) is 4.02. The first-order chi connectivity index (χ1) is 8.90. The highest BCUT2D eigenvalue weighted by Crippen LogP contribution is 2.39. The van der Waals surface area contributed by atoms with Crippen molar-refractivity contribution in [2.75, 3.05) is 11.5 Å². The molecule has 0 aromatic heterocycles. The van der Waals surface area contributed by atoms with Crippen LogP contribution in [0.5, 0.6) is 11.5 Å². The van der Waals surface area contributed by atoms with Crippen LogP contribution >= 0.6 is 23.2 Å². The van der Waals surface area contributed by atoms with Gasteiger partial charge in [0, 0.05) is 5.02 Å². The molecule has 0 aliphatic carbocycles. The molecule has 2 aromatic rings. The maximum atomic E-state index is 14.0. The van der Waals surface area contributed by atoms with E-state index >= 15 is 0 Å². The van der Waals surface area contributed by atoms with E-state index in [4.69, 9.17) is 39.4 Å². The van der Waals surface area contributed by atoms with Gasteiger partial charge in [0.05, 0.1) is 11.4 Å². The van der Waals surface area contributed by atoms with Crippen LogP contribution in [0.3, 0.4) is 0 Å². The molecule has 0 bridgehead atoms. The summed E-state index contributed by atoms with van der Waals surface area (Å²) in [6.45, 7) is 1.79. The van der Waals surface area contributed by atoms with Gasteiger partial charge in [0.15, 0.2) is 11.6 Å². The van der Waals surface area contributed by atoms with E-state index < -0.39 is 5.82 Å². The second-order valence-corrected chi connectivity index (χ2v) is 4.84. The molecule has 0 heterocycles. The number of benzene rings is 2. The second kappa shape index (κ2) is 5.15. The molecule has 0 fully saturated rings. The molecule has 100 valence electrons. The summed E-state index contributed by atoms with van der Waals surface area (Å²) in [6.07, 6.45) is 0. The molecule has 0 aliphatic heterocycles. The van der Waals surface area contributed by atoms with Crippen LogP contribution in [0, 0.1) is 12.7 Å². The standard InChI is InChI=1S/C13H11Cl2FN2O/c1-6-4-7(14)2-3-10(6)19-13-9(18)5-8(17)11(15)12(13)16/h2-5H,17-18H2,1H3. The zero-order valence-corrected chi connectivity index (χ0v) is 11.5. The molecule has 19 heavy (non-hydrogen) atoms. The predicted octanol–water partition coefficient (Wildman–Crippen LogP) is 4.40. The van der Waals surface area contributed by atoms with E-state index in [2.05, 4.69) is 0 Å². The largest absolute Gasteiger partial charge is 0.452 e. The van der Waals surface area contributed by atoms with Gasteiger partial charge in [0.25, 0.3) is 0 Å². The van der Waals surface area contributed by atoms with Crippen molar-refractivity contribution in [1.29, 1.82) is 0 Å². The Hall–Kier alpha value is -1.65. The fraction of sp³-hybridized carbons (Fsp3) is 0.0769. The Bertz CT molecular complexity index is 647. The van der Waals surface area contributed by atoms with Crippen molar-refractivity contribution in [3.63, 3.8) is 0 Å². The van der Waals surface area contributed by atoms with Crippen molar-refractivity contribution in [3.8, 4) is 11.5 Å². The molecule has 0 unspecified atom stereocenters. The normalized spacial score (nSPS) is 10.5. The lowest BCUT2D eigenvalue weighted by Crippen LogP contribution is -2.00. The molecule has 2 aromatic carbocycles. The van der Waals surface area contributed by atoms with Gasteiger partial charge in [-0.1, -0.05) is 23.2 Å². The van der Waals surface area contributed by atoms with Crippen LogP contribution in [0.15, 0.2) is 24.3 Å². The number of anilines is 2. The summed E-state index contributed by atoms with van der Waals surface area (Å²) >= 11 is 11.6. The predicted molar refractivity (Wildman–Crippen MR) is 76.5 cm³/mol. The molecular formula is C13H11Cl2FN2O. The number of halogens is 3. The SMILES string of the molecule is Cc1cc(Cl)ccc1Oc1c(N)cc(N)c(Cl)c1F. The van der Waals surface area contributed by atoms with Crippen LogP contribution < -0.4 is 16.2 Å². The summed E-state index contributed by atoms with van der Waals surface area (Å²) in [5.41, 5.74) is 12.1. The minimum absolute atomic E-state index is 0.0665. The quantitative estimate of drug-likeness (QED) is 0.808. The third-order valence-corrected chi connectivity index (χ3v) is 3.19. The van der Waals surface area contributed by atoms with Crippen molar-refractivity contribution in [3.05, 3.63) is 45.7 Å². The van der Waals surface area contributed by atoms with Crippen molar-refractivity contribution >= 4 is 34.6 Å². The first-order valence-corrected chi connectivity index (χ1v) is 6.12. The summed E-state index contributed by atoms with van der Waals surface area (Å²) in [5.74, 6) is -0.492. The van der Waals surface area contributed by atoms with Gasteiger partial charge in [0.1, 0.15) is 10.8 Å². The molecule has 0 aliphatic rings. The molecule has 3 nitrogen and oxygen atoms in total. The lowest BCUT2D eigenvalue weighted by atomic mass is 10.2. The Labute approximate surface area is 119 Å². The Balaban J connectivity index is 2.47. The summed E-state index contributed by atoms with van der Waals surface area (Å²) in [7, 11) is 0. The van der Waals surface area contributed by atoms with Crippen LogP contribution in [-0.2, 0) is 0 Å². The van der Waals surface area contributed by atoms with Gasteiger partial charge < -0.3 is 16.2 Å². The van der Waals surface area contributed by atoms with Gasteiger partial charge in [0.2, 0.25) is 0 Å². The minimum Gasteiger partial charge on any atom is -0.452 e. The van der Waals surface area contributed by atoms with Crippen molar-refractivity contribution in [1.82, 2.24) is 0 Å². The van der Waals surface area contributed by atoms with Gasteiger partial charge in [-0.2, -0.15) is 0 Å². The number of ether oxygens (including phenoxy) is 1. The van der Waals surface area contributed by atoms with Crippen LogP contribution in [0.2, 0.25) is 10.0 Å². The summed E-state index contributed by atoms with van der Waals surface area (Å²) < 4.78 is 19.4. The fourth-order valence-electron chi connectivity index (χ4n) is 1.59. The topological polar surface area (TPSA) is 61.3 Å². The third-order valence-electron chi connectivity index (χ3n) is 2.57. The average molecular weight is 301 g/mol. The molecular weight excluding hydrogens is 290 g/mol. The van der Waals surface area contributed by atoms with Crippen molar-refractivity contribution in [2.24, 2.45) is 0 Å². The van der Waals surface area contributed by atoms with E-state index in [1.54, 1.807) is 25.1 Å². The van der Waals surface area contributed by atoms with Gasteiger partial charge in [-0.3, -0.25) is 0 Å². The highest BCUT2D eigenvalue weighted by molar-refractivity contribution is 6.33. The number of hydrogen-bond donors (Lipinski definition) is 2. The molecule has 0 radical (unpaired) electrons. The third kappa shape index (κ3) is 2.69. The molecule has 0 amide bonds. The molecule has 0 saturated carbocycles. The molecule has 4 N–H and O–H groups in total.